The van der Waals surface area contributed by atoms with Crippen molar-refractivity contribution in [3.8, 4) is 23.0 Å². The van der Waals surface area contributed by atoms with E-state index in [1.807, 2.05) is 0 Å². The van der Waals surface area contributed by atoms with Crippen molar-refractivity contribution in [3.05, 3.63) is 41.5 Å². The van der Waals surface area contributed by atoms with Gasteiger partial charge < -0.3 is 54.1 Å². The number of ether oxygens (including phenoxy) is 4. The van der Waals surface area contributed by atoms with Gasteiger partial charge in [-0.15, -0.1) is 0 Å². The number of phenols is 1. The lowest BCUT2D eigenvalue weighted by Crippen LogP contribution is -2.61. The van der Waals surface area contributed by atoms with Crippen LogP contribution in [-0.2, 0) is 27.0 Å². The molecule has 2 aromatic carbocycles. The number of aliphatic hydroxyl groups is 4. The maximum atomic E-state index is 12.0. The summed E-state index contributed by atoms with van der Waals surface area (Å²) < 4.78 is 43.5. The van der Waals surface area contributed by atoms with E-state index in [0.29, 0.717) is 5.56 Å². The monoisotopic (exact) mass is 528 g/mol. The zero-order valence-electron chi connectivity index (χ0n) is 18.6. The predicted octanol–water partition coefficient (Wildman–Crippen LogP) is -0.710. The van der Waals surface area contributed by atoms with Gasteiger partial charge in [0.25, 0.3) is 0 Å². The fraction of sp³-hybridized carbons (Fsp3) is 0.409. The van der Waals surface area contributed by atoms with Crippen molar-refractivity contribution in [3.63, 3.8) is 0 Å². The topological polar surface area (TPSA) is 213 Å². The van der Waals surface area contributed by atoms with E-state index in [2.05, 4.69) is 0 Å². The lowest BCUT2D eigenvalue weighted by Gasteiger charge is -2.38. The number of hydrogen-bond acceptors (Lipinski definition) is 11. The number of phenolic OH excluding ortho intramolecular Hbond substituents is 1. The zero-order chi connectivity index (χ0) is 26.3. The van der Waals surface area contributed by atoms with Gasteiger partial charge in [-0.25, -0.2) is 9.00 Å². The van der Waals surface area contributed by atoms with Gasteiger partial charge in [-0.05, 0) is 23.8 Å². The molecule has 0 saturated carbocycles. The Morgan fingerprint density at radius 2 is 1.81 bits per heavy atom. The Balaban J connectivity index is 1.67. The number of carboxylic acids is 1. The maximum Gasteiger partial charge on any atom is 0.335 e. The van der Waals surface area contributed by atoms with Gasteiger partial charge in [-0.2, -0.15) is 0 Å². The van der Waals surface area contributed by atoms with Gasteiger partial charge in [-0.3, -0.25) is 0 Å². The van der Waals surface area contributed by atoms with E-state index < -0.39 is 60.0 Å². The van der Waals surface area contributed by atoms with E-state index in [1.165, 1.54) is 31.4 Å². The second-order valence-corrected chi connectivity index (χ2v) is 9.18. The van der Waals surface area contributed by atoms with Crippen LogP contribution in [0.1, 0.15) is 17.2 Å². The van der Waals surface area contributed by atoms with E-state index in [1.54, 1.807) is 0 Å². The molecule has 2 heterocycles. The van der Waals surface area contributed by atoms with Crippen LogP contribution in [-0.4, -0.2) is 89.3 Å². The fourth-order valence-electron chi connectivity index (χ4n) is 4.10. The third-order valence-electron chi connectivity index (χ3n) is 5.94. The molecule has 8 atom stereocenters. The Kier molecular flexibility index (Phi) is 7.38. The van der Waals surface area contributed by atoms with Crippen molar-refractivity contribution in [2.45, 2.75) is 54.2 Å². The summed E-state index contributed by atoms with van der Waals surface area (Å²) in [5.74, 6) is -1.72. The number of carbonyl (C=O) groups is 1. The Hall–Kier alpha value is -2.98. The van der Waals surface area contributed by atoms with E-state index >= 15 is 0 Å². The fourth-order valence-corrected chi connectivity index (χ4v) is 4.71. The van der Waals surface area contributed by atoms with Crippen molar-refractivity contribution in [1.82, 2.24) is 0 Å². The average Bonchev–Trinajstić information content (AvgIpc) is 2.83. The van der Waals surface area contributed by atoms with Crippen LogP contribution in [0.25, 0.3) is 0 Å². The normalized spacial score (nSPS) is 30.6. The molecule has 13 nitrogen and oxygen atoms in total. The molecule has 2 aromatic rings. The summed E-state index contributed by atoms with van der Waals surface area (Å²) in [5, 5.41) is 59.8. The predicted molar refractivity (Wildman–Crippen MR) is 118 cm³/mol. The SMILES string of the molecule is COc1cc(C2Oc3cc(OC4OC(C(=O)O)C(O)C(O)C4O)cc(S(=O)O)c3CC2O)ccc1O. The van der Waals surface area contributed by atoms with Gasteiger partial charge in [0.15, 0.2) is 28.7 Å². The zero-order valence-corrected chi connectivity index (χ0v) is 19.4. The Labute approximate surface area is 206 Å². The third-order valence-corrected chi connectivity index (χ3v) is 6.68. The summed E-state index contributed by atoms with van der Waals surface area (Å²) in [5.41, 5.74) is 0.648. The number of aromatic hydroxyl groups is 1. The summed E-state index contributed by atoms with van der Waals surface area (Å²) in [6.45, 7) is 0. The smallest absolute Gasteiger partial charge is 0.335 e. The van der Waals surface area contributed by atoms with E-state index in [0.717, 1.165) is 6.07 Å². The minimum atomic E-state index is -2.56. The molecule has 196 valence electrons. The van der Waals surface area contributed by atoms with Crippen LogP contribution in [0.2, 0.25) is 0 Å². The standard InChI is InChI=1S/C22H24O13S/c1-32-14-4-8(2-3-11(14)23)19-12(24)7-10-13(34-19)5-9(6-15(10)36(30)31)33-22-18(27)16(25)17(26)20(35-22)21(28)29/h2-6,12,16-20,22-27H,7H2,1H3,(H,28,29)(H,30,31). The highest BCUT2D eigenvalue weighted by atomic mass is 32.2. The second kappa shape index (κ2) is 10.2. The summed E-state index contributed by atoms with van der Waals surface area (Å²) in [7, 11) is 1.35. The third kappa shape index (κ3) is 4.84. The lowest BCUT2D eigenvalue weighted by molar-refractivity contribution is -0.271. The van der Waals surface area contributed by atoms with E-state index in [-0.39, 0.29) is 39.9 Å². The summed E-state index contributed by atoms with van der Waals surface area (Å²) in [6.07, 6.45) is -11.5. The van der Waals surface area contributed by atoms with Crippen LogP contribution in [0, 0.1) is 0 Å². The minimum Gasteiger partial charge on any atom is -0.504 e. The van der Waals surface area contributed by atoms with Crippen molar-refractivity contribution in [2.75, 3.05) is 7.11 Å². The Bertz CT molecular complexity index is 1170. The van der Waals surface area contributed by atoms with Crippen LogP contribution in [0.5, 0.6) is 23.0 Å². The van der Waals surface area contributed by atoms with Gasteiger partial charge in [0, 0.05) is 18.1 Å². The van der Waals surface area contributed by atoms with Crippen molar-refractivity contribution < 1.29 is 63.1 Å². The number of carboxylic acid groups (broad SMARTS) is 1. The number of hydrogen-bond donors (Lipinski definition) is 7. The molecule has 1 saturated heterocycles. The minimum absolute atomic E-state index is 0.0490. The van der Waals surface area contributed by atoms with Crippen molar-refractivity contribution in [1.29, 1.82) is 0 Å². The van der Waals surface area contributed by atoms with Gasteiger partial charge in [-0.1, -0.05) is 6.07 Å². The molecular weight excluding hydrogens is 504 g/mol. The number of fused-ring (bicyclic) bond motifs is 1. The molecule has 2 aliphatic rings. The van der Waals surface area contributed by atoms with Crippen molar-refractivity contribution in [2.24, 2.45) is 0 Å². The highest BCUT2D eigenvalue weighted by molar-refractivity contribution is 7.79. The molecule has 36 heavy (non-hydrogen) atoms. The van der Waals surface area contributed by atoms with Gasteiger partial charge >= 0.3 is 5.97 Å². The number of benzene rings is 2. The average molecular weight is 528 g/mol. The molecule has 0 aliphatic carbocycles. The van der Waals surface area contributed by atoms with Crippen LogP contribution >= 0.6 is 0 Å². The molecule has 1 fully saturated rings. The van der Waals surface area contributed by atoms with Crippen LogP contribution in [0.15, 0.2) is 35.2 Å². The highest BCUT2D eigenvalue weighted by Gasteiger charge is 2.48. The first-order valence-electron chi connectivity index (χ1n) is 10.6. The number of rotatable bonds is 6. The molecule has 0 radical (unpaired) electrons. The second-order valence-electron chi connectivity index (χ2n) is 8.24. The lowest BCUT2D eigenvalue weighted by atomic mass is 9.94. The molecule has 0 bridgehead atoms. The number of aliphatic hydroxyl groups excluding tert-OH is 4. The van der Waals surface area contributed by atoms with Crippen LogP contribution in [0.4, 0.5) is 0 Å². The first-order chi connectivity index (χ1) is 17.0. The molecule has 4 rings (SSSR count). The molecule has 2 aliphatic heterocycles. The van der Waals surface area contributed by atoms with E-state index in [4.69, 9.17) is 18.9 Å². The molecule has 14 heteroatoms. The number of methoxy groups -OCH3 is 1. The van der Waals surface area contributed by atoms with Crippen LogP contribution in [0.3, 0.4) is 0 Å². The largest absolute Gasteiger partial charge is 0.504 e. The maximum absolute atomic E-state index is 12.0. The van der Waals surface area contributed by atoms with Crippen LogP contribution < -0.4 is 14.2 Å². The Morgan fingerprint density at radius 1 is 1.08 bits per heavy atom. The van der Waals surface area contributed by atoms with Gasteiger partial charge in [0.1, 0.15) is 35.9 Å². The van der Waals surface area contributed by atoms with Crippen molar-refractivity contribution >= 4 is 17.0 Å². The Morgan fingerprint density at radius 3 is 2.44 bits per heavy atom. The molecule has 0 aromatic heterocycles. The molecule has 0 spiro atoms. The first-order valence-corrected chi connectivity index (χ1v) is 11.7. The first kappa shape index (κ1) is 26.1. The summed E-state index contributed by atoms with van der Waals surface area (Å²) in [6, 6.07) is 6.73. The van der Waals surface area contributed by atoms with Gasteiger partial charge in [0.05, 0.1) is 18.1 Å². The molecular formula is C22H24O13S. The van der Waals surface area contributed by atoms with E-state index in [9.17, 15) is 44.2 Å². The molecule has 7 N–H and O–H groups in total. The quantitative estimate of drug-likeness (QED) is 0.231. The summed E-state index contributed by atoms with van der Waals surface area (Å²) >= 11 is -2.56. The summed E-state index contributed by atoms with van der Waals surface area (Å²) in [4.78, 5) is 11.2. The number of aliphatic carboxylic acids is 1. The molecule has 8 unspecified atom stereocenters. The highest BCUT2D eigenvalue weighted by Crippen LogP contribution is 2.42. The molecule has 0 amide bonds. The van der Waals surface area contributed by atoms with Gasteiger partial charge in [0.2, 0.25) is 6.29 Å².